The highest BCUT2D eigenvalue weighted by atomic mass is 15.1. The maximum atomic E-state index is 2.52. The van der Waals surface area contributed by atoms with Crippen LogP contribution in [0, 0.1) is 0 Å². The Bertz CT molecular complexity index is 3740. The van der Waals surface area contributed by atoms with Gasteiger partial charge in [-0.2, -0.15) is 0 Å². The minimum Gasteiger partial charge on any atom is -0.309 e. The van der Waals surface area contributed by atoms with E-state index in [1.54, 1.807) is 0 Å². The minimum atomic E-state index is -0.487. The number of para-hydroxylation sites is 2. The second-order valence-electron chi connectivity index (χ2n) is 19.5. The van der Waals surface area contributed by atoms with Crippen LogP contribution in [0.25, 0.3) is 66.8 Å². The Morgan fingerprint density at radius 3 is 1.21 bits per heavy atom. The third-order valence-electron chi connectivity index (χ3n) is 15.4. The molecule has 0 N–H and O–H groups in total. The van der Waals surface area contributed by atoms with Gasteiger partial charge in [0.05, 0.1) is 16.8 Å². The fraction of sp³-hybridized carbons (Fsp3) is 0.0571. The van der Waals surface area contributed by atoms with Crippen LogP contribution in [0.15, 0.2) is 273 Å². The van der Waals surface area contributed by atoms with Crippen molar-refractivity contribution < 1.29 is 0 Å². The van der Waals surface area contributed by atoms with Crippen LogP contribution >= 0.6 is 0 Å². The average Bonchev–Trinajstić information content (AvgIpc) is 3.75. The number of hydrogen-bond acceptors (Lipinski definition) is 1. The smallest absolute Gasteiger partial charge is 0.0719 e. The molecule has 1 spiro atoms. The molecule has 71 heavy (non-hydrogen) atoms. The van der Waals surface area contributed by atoms with Crippen LogP contribution in [0.2, 0.25) is 0 Å². The summed E-state index contributed by atoms with van der Waals surface area (Å²) in [6.07, 6.45) is 0. The first-order valence-electron chi connectivity index (χ1n) is 24.8. The fourth-order valence-corrected chi connectivity index (χ4v) is 12.2. The number of fused-ring (bicyclic) bond motifs is 9. The molecule has 1 heteroatoms. The lowest BCUT2D eigenvalue weighted by molar-refractivity contribution is 0.563. The number of rotatable bonds is 8. The molecule has 0 saturated heterocycles. The summed E-state index contributed by atoms with van der Waals surface area (Å²) >= 11 is 0. The standard InChI is InChI=1S/C70H51N/c1-69(2)63-35-17-19-37-65(63)70(66-38-20-18-36-64(66)69)61-34-16-13-32-58(61)60-47-52(45-46-62(60)70)71(67-39-21-14-28-54(67)51-43-41-49(42-44-51)48-23-5-3-6-24-48)68-40-22-15-33-59(68)57-31-12-11-30-56(57)55-29-10-9-27-53(55)50-25-7-4-8-26-50/h3-47H,1-2H3. The van der Waals surface area contributed by atoms with Gasteiger partial charge < -0.3 is 4.90 Å². The SMILES string of the molecule is CC1(C)c2ccccc2C2(c3ccccc3-c3cc(N(c4ccccc4-c4ccc(-c5ccccc5)cc4)c4ccccc4-c4ccccc4-c4ccccc4-c4ccccc4)ccc32)c2ccccc21. The van der Waals surface area contributed by atoms with Crippen molar-refractivity contribution in [3.8, 4) is 66.8 Å². The van der Waals surface area contributed by atoms with Gasteiger partial charge in [-0.25, -0.2) is 0 Å². The molecule has 13 rings (SSSR count). The van der Waals surface area contributed by atoms with Gasteiger partial charge in [0, 0.05) is 22.2 Å². The minimum absolute atomic E-state index is 0.169. The summed E-state index contributed by atoms with van der Waals surface area (Å²) in [5.41, 5.74) is 25.1. The van der Waals surface area contributed by atoms with Crippen LogP contribution in [0.5, 0.6) is 0 Å². The van der Waals surface area contributed by atoms with Crippen molar-refractivity contribution in [1.82, 2.24) is 0 Å². The molecule has 0 saturated carbocycles. The van der Waals surface area contributed by atoms with Crippen molar-refractivity contribution in [3.63, 3.8) is 0 Å². The first-order valence-corrected chi connectivity index (χ1v) is 24.8. The van der Waals surface area contributed by atoms with E-state index in [0.717, 1.165) is 33.8 Å². The summed E-state index contributed by atoms with van der Waals surface area (Å²) in [4.78, 5) is 2.52. The molecule has 0 bridgehead atoms. The lowest BCUT2D eigenvalue weighted by atomic mass is 9.55. The van der Waals surface area contributed by atoms with Gasteiger partial charge in [-0.3, -0.25) is 0 Å². The number of anilines is 3. The van der Waals surface area contributed by atoms with E-state index >= 15 is 0 Å². The lowest BCUT2D eigenvalue weighted by Crippen LogP contribution is -2.40. The summed E-state index contributed by atoms with van der Waals surface area (Å²) < 4.78 is 0. The molecule has 0 radical (unpaired) electrons. The molecule has 0 fully saturated rings. The Balaban J connectivity index is 1.06. The topological polar surface area (TPSA) is 3.24 Å². The molecule has 0 heterocycles. The normalized spacial score (nSPS) is 13.4. The Morgan fingerprint density at radius 2 is 0.606 bits per heavy atom. The Kier molecular flexibility index (Phi) is 10.1. The second-order valence-corrected chi connectivity index (χ2v) is 19.5. The molecular weight excluding hydrogens is 855 g/mol. The largest absolute Gasteiger partial charge is 0.309 e. The van der Waals surface area contributed by atoms with E-state index in [-0.39, 0.29) is 5.41 Å². The highest BCUT2D eigenvalue weighted by Gasteiger charge is 2.53. The van der Waals surface area contributed by atoms with Gasteiger partial charge in [-0.05, 0) is 113 Å². The van der Waals surface area contributed by atoms with Gasteiger partial charge in [0.25, 0.3) is 0 Å². The van der Waals surface area contributed by atoms with Crippen LogP contribution < -0.4 is 4.90 Å². The molecular formula is C70H51N. The predicted molar refractivity (Wildman–Crippen MR) is 298 cm³/mol. The molecule has 0 unspecified atom stereocenters. The predicted octanol–water partition coefficient (Wildman–Crippen LogP) is 18.5. The maximum Gasteiger partial charge on any atom is 0.0719 e. The Morgan fingerprint density at radius 1 is 0.239 bits per heavy atom. The molecule has 0 atom stereocenters. The first kappa shape index (κ1) is 42.3. The maximum absolute atomic E-state index is 2.52. The molecule has 0 aliphatic heterocycles. The summed E-state index contributed by atoms with van der Waals surface area (Å²) in [6.45, 7) is 4.78. The fourth-order valence-electron chi connectivity index (χ4n) is 12.2. The summed E-state index contributed by atoms with van der Waals surface area (Å²) in [7, 11) is 0. The molecule has 11 aromatic carbocycles. The van der Waals surface area contributed by atoms with E-state index in [1.807, 2.05) is 0 Å². The molecule has 336 valence electrons. The third-order valence-corrected chi connectivity index (χ3v) is 15.4. The van der Waals surface area contributed by atoms with Crippen LogP contribution in [0.1, 0.15) is 47.2 Å². The van der Waals surface area contributed by atoms with Gasteiger partial charge in [0.2, 0.25) is 0 Å². The van der Waals surface area contributed by atoms with E-state index < -0.39 is 5.41 Å². The van der Waals surface area contributed by atoms with E-state index in [2.05, 4.69) is 292 Å². The highest BCUT2D eigenvalue weighted by Crippen LogP contribution is 2.63. The summed E-state index contributed by atoms with van der Waals surface area (Å²) in [6, 6.07) is 101. The van der Waals surface area contributed by atoms with Gasteiger partial charge in [-0.15, -0.1) is 0 Å². The number of benzene rings is 11. The van der Waals surface area contributed by atoms with Crippen molar-refractivity contribution >= 4 is 17.1 Å². The zero-order valence-electron chi connectivity index (χ0n) is 39.9. The van der Waals surface area contributed by atoms with E-state index in [4.69, 9.17) is 0 Å². The third kappa shape index (κ3) is 6.68. The van der Waals surface area contributed by atoms with Gasteiger partial charge >= 0.3 is 0 Å². The van der Waals surface area contributed by atoms with Crippen molar-refractivity contribution in [2.75, 3.05) is 4.90 Å². The van der Waals surface area contributed by atoms with Gasteiger partial charge in [0.1, 0.15) is 0 Å². The van der Waals surface area contributed by atoms with Crippen molar-refractivity contribution in [2.24, 2.45) is 0 Å². The molecule has 0 amide bonds. The zero-order valence-corrected chi connectivity index (χ0v) is 39.9. The quantitative estimate of drug-likeness (QED) is 0.147. The van der Waals surface area contributed by atoms with Gasteiger partial charge in [-0.1, -0.05) is 263 Å². The number of nitrogens with zero attached hydrogens (tertiary/aromatic N) is 1. The van der Waals surface area contributed by atoms with Crippen LogP contribution in [-0.4, -0.2) is 0 Å². The van der Waals surface area contributed by atoms with Crippen LogP contribution in [0.4, 0.5) is 17.1 Å². The van der Waals surface area contributed by atoms with E-state index in [9.17, 15) is 0 Å². The van der Waals surface area contributed by atoms with Crippen molar-refractivity contribution in [1.29, 1.82) is 0 Å². The number of hydrogen-bond donors (Lipinski definition) is 0. The Hall–Kier alpha value is -8.78. The van der Waals surface area contributed by atoms with E-state index in [1.165, 1.54) is 83.5 Å². The lowest BCUT2D eigenvalue weighted by Gasteiger charge is -2.46. The second kappa shape index (κ2) is 17.0. The van der Waals surface area contributed by atoms with Crippen LogP contribution in [-0.2, 0) is 10.8 Å². The molecule has 11 aromatic rings. The Labute approximate surface area is 417 Å². The van der Waals surface area contributed by atoms with Crippen molar-refractivity contribution in [3.05, 3.63) is 306 Å². The molecule has 1 nitrogen and oxygen atoms in total. The van der Waals surface area contributed by atoms with E-state index in [0.29, 0.717) is 0 Å². The summed E-state index contributed by atoms with van der Waals surface area (Å²) in [5.74, 6) is 0. The molecule has 2 aliphatic carbocycles. The van der Waals surface area contributed by atoms with Crippen molar-refractivity contribution in [2.45, 2.75) is 24.7 Å². The highest BCUT2D eigenvalue weighted by molar-refractivity contribution is 6.00. The molecule has 0 aromatic heterocycles. The average molecular weight is 906 g/mol. The zero-order chi connectivity index (χ0) is 47.5. The van der Waals surface area contributed by atoms with Crippen LogP contribution in [0.3, 0.4) is 0 Å². The first-order chi connectivity index (χ1) is 35.0. The van der Waals surface area contributed by atoms with Gasteiger partial charge in [0.15, 0.2) is 0 Å². The summed E-state index contributed by atoms with van der Waals surface area (Å²) in [5, 5.41) is 0. The molecule has 2 aliphatic rings. The monoisotopic (exact) mass is 905 g/mol.